The number of nitrogens with two attached hydrogens (primary N) is 1. The van der Waals surface area contributed by atoms with E-state index in [1.807, 2.05) is 18.2 Å². The van der Waals surface area contributed by atoms with Gasteiger partial charge in [0.15, 0.2) is 6.17 Å². The van der Waals surface area contributed by atoms with E-state index in [0.29, 0.717) is 11.7 Å². The van der Waals surface area contributed by atoms with Crippen LogP contribution in [0.25, 0.3) is 0 Å². The molecule has 0 fully saturated rings. The summed E-state index contributed by atoms with van der Waals surface area (Å²) in [6, 6.07) is 16.4. The molecule has 0 radical (unpaired) electrons. The highest BCUT2D eigenvalue weighted by atomic mass is 16.3. The van der Waals surface area contributed by atoms with Gasteiger partial charge in [0, 0.05) is 12.3 Å². The Morgan fingerprint density at radius 1 is 1.09 bits per heavy atom. The molecule has 120 valence electrons. The molecule has 0 aliphatic carbocycles. The summed E-state index contributed by atoms with van der Waals surface area (Å²) in [4.78, 5) is 4.97. The van der Waals surface area contributed by atoms with Crippen LogP contribution in [0.1, 0.15) is 43.0 Å². The van der Waals surface area contributed by atoms with E-state index in [1.54, 1.807) is 6.07 Å². The molecule has 3 nitrogen and oxygen atoms in total. The van der Waals surface area contributed by atoms with Crippen LogP contribution in [0, 0.1) is 12.8 Å². The average Bonchev–Trinajstić information content (AvgIpc) is 2.55. The van der Waals surface area contributed by atoms with E-state index in [1.165, 1.54) is 11.1 Å². The van der Waals surface area contributed by atoms with Crippen molar-refractivity contribution < 1.29 is 10.4 Å². The number of quaternary nitrogens is 1. The molecule has 2 aromatic carbocycles. The zero-order valence-corrected chi connectivity index (χ0v) is 14.0. The van der Waals surface area contributed by atoms with Gasteiger partial charge >= 0.3 is 0 Å². The molecule has 2 aromatic rings. The molecule has 0 saturated carbocycles. The normalized spacial score (nSPS) is 21.3. The van der Waals surface area contributed by atoms with E-state index >= 15 is 0 Å². The maximum Gasteiger partial charge on any atom is 0.182 e. The molecule has 1 heterocycles. The molecule has 0 spiro atoms. The summed E-state index contributed by atoms with van der Waals surface area (Å²) in [6.45, 7) is 6.50. The smallest absolute Gasteiger partial charge is 0.182 e. The zero-order chi connectivity index (χ0) is 16.4. The lowest BCUT2D eigenvalue weighted by Gasteiger charge is -2.29. The van der Waals surface area contributed by atoms with E-state index in [4.69, 9.17) is 4.99 Å². The number of aryl methyl sites for hydroxylation is 1. The fourth-order valence-electron chi connectivity index (χ4n) is 3.11. The number of benzene rings is 2. The van der Waals surface area contributed by atoms with Crippen molar-refractivity contribution in [2.24, 2.45) is 10.9 Å². The van der Waals surface area contributed by atoms with Gasteiger partial charge in [-0.3, -0.25) is 0 Å². The number of nitrogens with zero attached hydrogens (tertiary/aromatic N) is 1. The Bertz CT molecular complexity index is 704. The summed E-state index contributed by atoms with van der Waals surface area (Å²) < 4.78 is 0. The van der Waals surface area contributed by atoms with Gasteiger partial charge in [-0.25, -0.2) is 4.99 Å². The highest BCUT2D eigenvalue weighted by Crippen LogP contribution is 2.27. The standard InChI is InChI=1S/C20H24N2O/c1-13(2)20-21-17(15-10-8-14(3)9-11-15)12-18(22-20)16-6-4-5-7-19(16)23/h4-11,13,18,20,22-23H,12H2,1-3H3/p+1/t18-,20+/m1/s1. The van der Waals surface area contributed by atoms with Crippen LogP contribution in [0.5, 0.6) is 5.75 Å². The van der Waals surface area contributed by atoms with Crippen molar-refractivity contribution in [3.63, 3.8) is 0 Å². The lowest BCUT2D eigenvalue weighted by atomic mass is 9.93. The number of aliphatic imine (C=N–C) groups is 1. The van der Waals surface area contributed by atoms with Gasteiger partial charge in [-0.2, -0.15) is 0 Å². The summed E-state index contributed by atoms with van der Waals surface area (Å²) in [7, 11) is 0. The number of aromatic hydroxyl groups is 1. The van der Waals surface area contributed by atoms with Gasteiger partial charge in [0.05, 0.1) is 11.3 Å². The van der Waals surface area contributed by atoms with Crippen molar-refractivity contribution in [1.82, 2.24) is 0 Å². The Balaban J connectivity index is 1.96. The van der Waals surface area contributed by atoms with Gasteiger partial charge in [0.25, 0.3) is 0 Å². The third-order valence-corrected chi connectivity index (χ3v) is 4.55. The van der Waals surface area contributed by atoms with Gasteiger partial charge in [-0.1, -0.05) is 55.8 Å². The molecular formula is C20H25N2O+. The molecular weight excluding hydrogens is 284 g/mol. The van der Waals surface area contributed by atoms with Crippen LogP contribution in [0.3, 0.4) is 0 Å². The molecule has 0 saturated heterocycles. The summed E-state index contributed by atoms with van der Waals surface area (Å²) >= 11 is 0. The molecule has 0 amide bonds. The minimum Gasteiger partial charge on any atom is -0.507 e. The van der Waals surface area contributed by atoms with Crippen LogP contribution >= 0.6 is 0 Å². The van der Waals surface area contributed by atoms with Crippen molar-refractivity contribution >= 4 is 5.71 Å². The van der Waals surface area contributed by atoms with Crippen molar-refractivity contribution in [2.75, 3.05) is 0 Å². The second kappa shape index (κ2) is 6.55. The fraction of sp³-hybridized carbons (Fsp3) is 0.350. The van der Waals surface area contributed by atoms with Gasteiger partial charge in [0.1, 0.15) is 11.8 Å². The summed E-state index contributed by atoms with van der Waals surface area (Å²) in [5, 5.41) is 12.5. The SMILES string of the molecule is Cc1ccc(C2=N[C@H](C(C)C)[NH2+][C@@H](c3ccccc3O)C2)cc1. The minimum absolute atomic E-state index is 0.185. The van der Waals surface area contributed by atoms with Crippen molar-refractivity contribution in [3.8, 4) is 5.75 Å². The Labute approximate surface area is 138 Å². The highest BCUT2D eigenvalue weighted by Gasteiger charge is 2.31. The predicted octanol–water partition coefficient (Wildman–Crippen LogP) is 3.18. The summed E-state index contributed by atoms with van der Waals surface area (Å²) in [6.07, 6.45) is 1.02. The van der Waals surface area contributed by atoms with Crippen molar-refractivity contribution in [3.05, 3.63) is 65.2 Å². The second-order valence-electron chi connectivity index (χ2n) is 6.74. The van der Waals surface area contributed by atoms with Crippen LogP contribution < -0.4 is 5.32 Å². The molecule has 1 aliphatic rings. The molecule has 3 N–H and O–H groups in total. The highest BCUT2D eigenvalue weighted by molar-refractivity contribution is 6.01. The first-order chi connectivity index (χ1) is 11.0. The molecule has 3 heteroatoms. The van der Waals surface area contributed by atoms with Crippen molar-refractivity contribution in [1.29, 1.82) is 0 Å². The third-order valence-electron chi connectivity index (χ3n) is 4.55. The fourth-order valence-corrected chi connectivity index (χ4v) is 3.11. The number of rotatable bonds is 3. The summed E-state index contributed by atoms with van der Waals surface area (Å²) in [5.41, 5.74) is 4.58. The van der Waals surface area contributed by atoms with E-state index in [0.717, 1.165) is 17.7 Å². The van der Waals surface area contributed by atoms with E-state index in [-0.39, 0.29) is 12.2 Å². The minimum atomic E-state index is 0.185. The topological polar surface area (TPSA) is 49.2 Å². The monoisotopic (exact) mass is 309 g/mol. The number of phenolic OH excluding ortho intramolecular Hbond substituents is 1. The first kappa shape index (κ1) is 15.8. The molecule has 0 aromatic heterocycles. The van der Waals surface area contributed by atoms with Crippen LogP contribution in [0.4, 0.5) is 0 Å². The Morgan fingerprint density at radius 3 is 2.43 bits per heavy atom. The molecule has 2 atom stereocenters. The maximum absolute atomic E-state index is 10.2. The molecule has 3 rings (SSSR count). The Kier molecular flexibility index (Phi) is 4.49. The maximum atomic E-state index is 10.2. The lowest BCUT2D eigenvalue weighted by molar-refractivity contribution is -0.733. The number of phenols is 1. The van der Waals surface area contributed by atoms with Crippen LogP contribution in [-0.2, 0) is 0 Å². The number of para-hydroxylation sites is 1. The average molecular weight is 309 g/mol. The third kappa shape index (κ3) is 3.45. The van der Waals surface area contributed by atoms with E-state index in [9.17, 15) is 5.11 Å². The van der Waals surface area contributed by atoms with Gasteiger partial charge < -0.3 is 10.4 Å². The quantitative estimate of drug-likeness (QED) is 0.899. The lowest BCUT2D eigenvalue weighted by Crippen LogP contribution is -2.93. The van der Waals surface area contributed by atoms with Crippen molar-refractivity contribution in [2.45, 2.75) is 39.4 Å². The Hall–Kier alpha value is -2.13. The van der Waals surface area contributed by atoms with Gasteiger partial charge in [-0.15, -0.1) is 0 Å². The number of hydrogen-bond donors (Lipinski definition) is 2. The van der Waals surface area contributed by atoms with Crippen LogP contribution in [-0.4, -0.2) is 17.0 Å². The molecule has 0 unspecified atom stereocenters. The second-order valence-corrected chi connectivity index (χ2v) is 6.74. The zero-order valence-electron chi connectivity index (χ0n) is 14.0. The molecule has 23 heavy (non-hydrogen) atoms. The predicted molar refractivity (Wildman–Crippen MR) is 93.7 cm³/mol. The van der Waals surface area contributed by atoms with Gasteiger partial charge in [0.2, 0.25) is 0 Å². The Morgan fingerprint density at radius 2 is 1.78 bits per heavy atom. The van der Waals surface area contributed by atoms with E-state index in [2.05, 4.69) is 50.4 Å². The molecule has 0 bridgehead atoms. The first-order valence-electron chi connectivity index (χ1n) is 8.31. The van der Waals surface area contributed by atoms with Gasteiger partial charge in [-0.05, 0) is 24.6 Å². The van der Waals surface area contributed by atoms with Crippen LogP contribution in [0.2, 0.25) is 0 Å². The van der Waals surface area contributed by atoms with Crippen LogP contribution in [0.15, 0.2) is 53.5 Å². The number of hydrogen-bond acceptors (Lipinski definition) is 2. The summed E-state index contributed by atoms with van der Waals surface area (Å²) in [5.74, 6) is 0.825. The molecule has 1 aliphatic heterocycles. The largest absolute Gasteiger partial charge is 0.507 e. The van der Waals surface area contributed by atoms with E-state index < -0.39 is 0 Å². The first-order valence-corrected chi connectivity index (χ1v) is 8.31.